The minimum atomic E-state index is 0.153. The lowest BCUT2D eigenvalue weighted by Gasteiger charge is -2.33. The molecule has 1 heterocycles. The van der Waals surface area contributed by atoms with Crippen molar-refractivity contribution in [3.05, 3.63) is 70.8 Å². The standard InChI is InChI=1S/C23H27NO2/c1-26-19-9-6-14-24(16-19)23(25)15-22-20-10-4-2-7-17(20)12-13-18-8-3-5-11-21(18)22/h2-5,7-8,10-11,19,22H,6,9,12-16H2,1H3. The lowest BCUT2D eigenvalue weighted by atomic mass is 9.85. The molecule has 1 aliphatic carbocycles. The van der Waals surface area contributed by atoms with Crippen molar-refractivity contribution in [1.29, 1.82) is 0 Å². The van der Waals surface area contributed by atoms with E-state index in [2.05, 4.69) is 48.5 Å². The number of ether oxygens (including phenoxy) is 1. The Bertz CT molecular complexity index is 738. The number of piperidine rings is 1. The fourth-order valence-corrected chi connectivity index (χ4v) is 4.52. The van der Waals surface area contributed by atoms with Crippen molar-refractivity contribution in [2.75, 3.05) is 20.2 Å². The number of hydrogen-bond donors (Lipinski definition) is 0. The van der Waals surface area contributed by atoms with Crippen LogP contribution in [0.2, 0.25) is 0 Å². The third-order valence-corrected chi connectivity index (χ3v) is 5.97. The highest BCUT2D eigenvalue weighted by molar-refractivity contribution is 5.78. The van der Waals surface area contributed by atoms with E-state index in [0.717, 1.165) is 38.8 Å². The van der Waals surface area contributed by atoms with Crippen LogP contribution in [0.15, 0.2) is 48.5 Å². The Morgan fingerprint density at radius 1 is 1.04 bits per heavy atom. The predicted octanol–water partition coefficient (Wildman–Crippen LogP) is 3.94. The first-order chi connectivity index (χ1) is 12.8. The Labute approximate surface area is 156 Å². The Hall–Kier alpha value is -2.13. The molecule has 1 saturated heterocycles. The number of hydrogen-bond acceptors (Lipinski definition) is 2. The first kappa shape index (κ1) is 17.3. The number of benzene rings is 2. The van der Waals surface area contributed by atoms with Crippen LogP contribution in [0.1, 0.15) is 47.4 Å². The van der Waals surface area contributed by atoms with Gasteiger partial charge in [-0.1, -0.05) is 48.5 Å². The highest BCUT2D eigenvalue weighted by Crippen LogP contribution is 2.37. The molecule has 0 N–H and O–H groups in total. The summed E-state index contributed by atoms with van der Waals surface area (Å²) in [5.74, 6) is 0.406. The van der Waals surface area contributed by atoms with Gasteiger partial charge in [-0.25, -0.2) is 0 Å². The van der Waals surface area contributed by atoms with Gasteiger partial charge in [0, 0.05) is 32.5 Å². The zero-order valence-corrected chi connectivity index (χ0v) is 15.5. The maximum absolute atomic E-state index is 13.1. The summed E-state index contributed by atoms with van der Waals surface area (Å²) < 4.78 is 5.50. The molecule has 4 rings (SSSR count). The summed E-state index contributed by atoms with van der Waals surface area (Å²) in [5, 5.41) is 0. The van der Waals surface area contributed by atoms with E-state index >= 15 is 0 Å². The van der Waals surface area contributed by atoms with Crippen LogP contribution < -0.4 is 0 Å². The second-order valence-electron chi connectivity index (χ2n) is 7.49. The third-order valence-electron chi connectivity index (χ3n) is 5.97. The largest absolute Gasteiger partial charge is 0.380 e. The molecule has 1 aliphatic heterocycles. The zero-order valence-electron chi connectivity index (χ0n) is 15.5. The van der Waals surface area contributed by atoms with Gasteiger partial charge in [0.2, 0.25) is 5.91 Å². The molecule has 3 heteroatoms. The van der Waals surface area contributed by atoms with Gasteiger partial charge in [0.1, 0.15) is 0 Å². The van der Waals surface area contributed by atoms with Crippen molar-refractivity contribution < 1.29 is 9.53 Å². The molecule has 26 heavy (non-hydrogen) atoms. The van der Waals surface area contributed by atoms with Crippen molar-refractivity contribution >= 4 is 5.91 Å². The lowest BCUT2D eigenvalue weighted by Crippen LogP contribution is -2.43. The quantitative estimate of drug-likeness (QED) is 0.840. The van der Waals surface area contributed by atoms with E-state index in [9.17, 15) is 4.79 Å². The van der Waals surface area contributed by atoms with Crippen LogP contribution in [0.4, 0.5) is 0 Å². The second kappa shape index (κ2) is 7.63. The maximum Gasteiger partial charge on any atom is 0.223 e. The number of rotatable bonds is 3. The first-order valence-corrected chi connectivity index (χ1v) is 9.72. The molecule has 1 fully saturated rings. The van der Waals surface area contributed by atoms with Crippen LogP contribution in [0.25, 0.3) is 0 Å². The van der Waals surface area contributed by atoms with Gasteiger partial charge >= 0.3 is 0 Å². The third kappa shape index (κ3) is 3.41. The molecule has 0 spiro atoms. The Kier molecular flexibility index (Phi) is 5.07. The van der Waals surface area contributed by atoms with Gasteiger partial charge in [-0.15, -0.1) is 0 Å². The fourth-order valence-electron chi connectivity index (χ4n) is 4.52. The van der Waals surface area contributed by atoms with Crippen LogP contribution in [0, 0.1) is 0 Å². The summed E-state index contributed by atoms with van der Waals surface area (Å²) >= 11 is 0. The minimum Gasteiger partial charge on any atom is -0.380 e. The summed E-state index contributed by atoms with van der Waals surface area (Å²) in [7, 11) is 1.75. The smallest absolute Gasteiger partial charge is 0.223 e. The van der Waals surface area contributed by atoms with E-state index in [1.54, 1.807) is 7.11 Å². The molecule has 0 radical (unpaired) electrons. The summed E-state index contributed by atoms with van der Waals surface area (Å²) in [6.45, 7) is 1.58. The van der Waals surface area contributed by atoms with Crippen molar-refractivity contribution in [2.45, 2.75) is 44.1 Å². The minimum absolute atomic E-state index is 0.153. The molecule has 1 unspecified atom stereocenters. The number of likely N-dealkylation sites (tertiary alicyclic amines) is 1. The van der Waals surface area contributed by atoms with Crippen LogP contribution >= 0.6 is 0 Å². The predicted molar refractivity (Wildman–Crippen MR) is 103 cm³/mol. The Morgan fingerprint density at radius 2 is 1.65 bits per heavy atom. The van der Waals surface area contributed by atoms with Gasteiger partial charge in [-0.2, -0.15) is 0 Å². The Balaban J connectivity index is 1.64. The SMILES string of the molecule is COC1CCCN(C(=O)CC2c3ccccc3CCc3ccccc32)C1. The molecule has 0 aromatic heterocycles. The topological polar surface area (TPSA) is 29.5 Å². The molecule has 2 aromatic rings. The summed E-state index contributed by atoms with van der Waals surface area (Å²) in [4.78, 5) is 15.1. The molecule has 2 aliphatic rings. The van der Waals surface area contributed by atoms with E-state index < -0.39 is 0 Å². The van der Waals surface area contributed by atoms with Crippen molar-refractivity contribution in [3.8, 4) is 0 Å². The van der Waals surface area contributed by atoms with Crippen LogP contribution in [-0.2, 0) is 22.4 Å². The average Bonchev–Trinajstić information content (AvgIpc) is 2.86. The first-order valence-electron chi connectivity index (χ1n) is 9.72. The molecule has 3 nitrogen and oxygen atoms in total. The van der Waals surface area contributed by atoms with Gasteiger partial charge < -0.3 is 9.64 Å². The molecule has 1 atom stereocenters. The van der Waals surface area contributed by atoms with Crippen molar-refractivity contribution in [2.24, 2.45) is 0 Å². The molecular formula is C23H27NO2. The summed E-state index contributed by atoms with van der Waals surface area (Å²) in [5.41, 5.74) is 5.42. The average molecular weight is 349 g/mol. The van der Waals surface area contributed by atoms with E-state index in [4.69, 9.17) is 4.74 Å². The molecule has 2 aromatic carbocycles. The van der Waals surface area contributed by atoms with E-state index in [0.29, 0.717) is 6.42 Å². The number of amides is 1. The molecule has 1 amide bonds. The van der Waals surface area contributed by atoms with Gasteiger partial charge in [0.25, 0.3) is 0 Å². The van der Waals surface area contributed by atoms with E-state index in [-0.39, 0.29) is 17.9 Å². The van der Waals surface area contributed by atoms with Gasteiger partial charge in [-0.3, -0.25) is 4.79 Å². The second-order valence-corrected chi connectivity index (χ2v) is 7.49. The summed E-state index contributed by atoms with van der Waals surface area (Å²) in [6.07, 6.45) is 4.91. The summed E-state index contributed by atoms with van der Waals surface area (Å²) in [6, 6.07) is 17.3. The van der Waals surface area contributed by atoms with Crippen LogP contribution in [0.3, 0.4) is 0 Å². The van der Waals surface area contributed by atoms with Gasteiger partial charge in [0.05, 0.1) is 6.10 Å². The van der Waals surface area contributed by atoms with Gasteiger partial charge in [0.15, 0.2) is 0 Å². The Morgan fingerprint density at radius 3 is 2.27 bits per heavy atom. The number of fused-ring (bicyclic) bond motifs is 2. The highest BCUT2D eigenvalue weighted by atomic mass is 16.5. The van der Waals surface area contributed by atoms with Gasteiger partial charge in [-0.05, 0) is 47.9 Å². The highest BCUT2D eigenvalue weighted by Gasteiger charge is 2.29. The van der Waals surface area contributed by atoms with E-state index in [1.165, 1.54) is 22.3 Å². The van der Waals surface area contributed by atoms with E-state index in [1.807, 2.05) is 4.90 Å². The van der Waals surface area contributed by atoms with Crippen molar-refractivity contribution in [1.82, 2.24) is 4.90 Å². The van der Waals surface area contributed by atoms with Crippen LogP contribution in [-0.4, -0.2) is 37.1 Å². The zero-order chi connectivity index (χ0) is 17.9. The monoisotopic (exact) mass is 349 g/mol. The normalized spacial score (nSPS) is 20.2. The number of nitrogens with zero attached hydrogens (tertiary/aromatic N) is 1. The molecular weight excluding hydrogens is 322 g/mol. The maximum atomic E-state index is 13.1. The number of aryl methyl sites for hydroxylation is 2. The lowest BCUT2D eigenvalue weighted by molar-refractivity contribution is -0.135. The molecule has 0 saturated carbocycles. The van der Waals surface area contributed by atoms with Crippen LogP contribution in [0.5, 0.6) is 0 Å². The molecule has 136 valence electrons. The number of methoxy groups -OCH3 is 1. The molecule has 0 bridgehead atoms. The fraction of sp³-hybridized carbons (Fsp3) is 0.435. The van der Waals surface area contributed by atoms with Crippen molar-refractivity contribution in [3.63, 3.8) is 0 Å². The number of carbonyl (C=O) groups excluding carboxylic acids is 1. The number of carbonyl (C=O) groups is 1.